The van der Waals surface area contributed by atoms with Crippen LogP contribution in [0.3, 0.4) is 0 Å². The molecule has 1 saturated carbocycles. The Kier molecular flexibility index (Phi) is 2.37. The van der Waals surface area contributed by atoms with Gasteiger partial charge in [0.25, 0.3) is 0 Å². The van der Waals surface area contributed by atoms with Crippen molar-refractivity contribution >= 4 is 0 Å². The number of hydrogen-bond acceptors (Lipinski definition) is 2. The molecule has 2 N–H and O–H groups in total. The van der Waals surface area contributed by atoms with Crippen LogP contribution in [0.4, 0.5) is 0 Å². The Morgan fingerprint density at radius 2 is 2.08 bits per heavy atom. The van der Waals surface area contributed by atoms with Gasteiger partial charge in [0, 0.05) is 17.6 Å². The minimum absolute atomic E-state index is 0.341. The number of rotatable bonds is 2. The predicted molar refractivity (Wildman–Crippen MR) is 55.8 cm³/mol. The minimum atomic E-state index is 0.341. The molecule has 2 nitrogen and oxygen atoms in total. The first kappa shape index (κ1) is 9.47. The fourth-order valence-electron chi connectivity index (χ4n) is 2.37. The fourth-order valence-corrected chi connectivity index (χ4v) is 2.37. The van der Waals surface area contributed by atoms with E-state index in [9.17, 15) is 0 Å². The Bertz CT molecular complexity index is 189. The third kappa shape index (κ3) is 2.44. The summed E-state index contributed by atoms with van der Waals surface area (Å²) < 4.78 is 0. The molecule has 1 aliphatic heterocycles. The van der Waals surface area contributed by atoms with Gasteiger partial charge in [-0.1, -0.05) is 6.92 Å². The molecule has 1 saturated heterocycles. The molecule has 0 bridgehead atoms. The summed E-state index contributed by atoms with van der Waals surface area (Å²) in [6, 6.07) is 1.59. The highest BCUT2D eigenvalue weighted by Gasteiger charge is 2.36. The molecule has 3 unspecified atom stereocenters. The standard InChI is InChI=1S/C11H22N2/c1-8-6-10(8)13-9-4-5-12-11(2,3)7-9/h8-10,12-13H,4-7H2,1-3H3. The smallest absolute Gasteiger partial charge is 0.0139 e. The molecule has 2 aliphatic rings. The molecular formula is C11H22N2. The molecule has 0 aromatic rings. The molecule has 0 aromatic carbocycles. The Labute approximate surface area is 81.5 Å². The molecule has 1 aliphatic carbocycles. The molecule has 0 amide bonds. The lowest BCUT2D eigenvalue weighted by atomic mass is 9.89. The average molecular weight is 182 g/mol. The Morgan fingerprint density at radius 3 is 2.62 bits per heavy atom. The van der Waals surface area contributed by atoms with Gasteiger partial charge in [-0.05, 0) is 45.6 Å². The topological polar surface area (TPSA) is 24.1 Å². The lowest BCUT2D eigenvalue weighted by Gasteiger charge is -2.37. The van der Waals surface area contributed by atoms with E-state index in [1.807, 2.05) is 0 Å². The van der Waals surface area contributed by atoms with Crippen LogP contribution < -0.4 is 10.6 Å². The van der Waals surface area contributed by atoms with Gasteiger partial charge >= 0.3 is 0 Å². The average Bonchev–Trinajstić information content (AvgIpc) is 2.64. The van der Waals surface area contributed by atoms with E-state index < -0.39 is 0 Å². The molecule has 2 fully saturated rings. The van der Waals surface area contributed by atoms with Gasteiger partial charge in [0.1, 0.15) is 0 Å². The molecule has 1 heterocycles. The second-order valence-corrected chi connectivity index (χ2v) is 5.49. The van der Waals surface area contributed by atoms with Crippen molar-refractivity contribution in [3.63, 3.8) is 0 Å². The summed E-state index contributed by atoms with van der Waals surface area (Å²) in [4.78, 5) is 0. The van der Waals surface area contributed by atoms with Gasteiger partial charge in [-0.2, -0.15) is 0 Å². The molecule has 3 atom stereocenters. The number of hydrogen-bond donors (Lipinski definition) is 2. The van der Waals surface area contributed by atoms with Crippen molar-refractivity contribution < 1.29 is 0 Å². The molecule has 13 heavy (non-hydrogen) atoms. The van der Waals surface area contributed by atoms with E-state index >= 15 is 0 Å². The SMILES string of the molecule is CC1CC1NC1CCNC(C)(C)C1. The zero-order chi connectivity index (χ0) is 9.47. The Morgan fingerprint density at radius 1 is 1.38 bits per heavy atom. The van der Waals surface area contributed by atoms with Crippen molar-refractivity contribution in [3.05, 3.63) is 0 Å². The number of piperidine rings is 1. The second-order valence-electron chi connectivity index (χ2n) is 5.49. The van der Waals surface area contributed by atoms with Gasteiger partial charge in [0.2, 0.25) is 0 Å². The fraction of sp³-hybridized carbons (Fsp3) is 1.00. The maximum atomic E-state index is 3.76. The first-order chi connectivity index (χ1) is 6.07. The molecule has 2 rings (SSSR count). The highest BCUT2D eigenvalue weighted by atomic mass is 15.1. The van der Waals surface area contributed by atoms with Crippen LogP contribution in [0.2, 0.25) is 0 Å². The zero-order valence-electron chi connectivity index (χ0n) is 9.06. The second kappa shape index (κ2) is 3.25. The van der Waals surface area contributed by atoms with Crippen LogP contribution in [0.1, 0.15) is 40.0 Å². The van der Waals surface area contributed by atoms with Crippen LogP contribution in [0.5, 0.6) is 0 Å². The normalized spacial score (nSPS) is 43.2. The summed E-state index contributed by atoms with van der Waals surface area (Å²) in [5.41, 5.74) is 0.341. The van der Waals surface area contributed by atoms with E-state index in [0.29, 0.717) is 5.54 Å². The summed E-state index contributed by atoms with van der Waals surface area (Å²) in [5, 5.41) is 7.31. The molecule has 0 spiro atoms. The first-order valence-electron chi connectivity index (χ1n) is 5.58. The van der Waals surface area contributed by atoms with Crippen LogP contribution in [0.15, 0.2) is 0 Å². The van der Waals surface area contributed by atoms with Crippen LogP contribution in [0, 0.1) is 5.92 Å². The van der Waals surface area contributed by atoms with Crippen LogP contribution in [0.25, 0.3) is 0 Å². The van der Waals surface area contributed by atoms with Crippen molar-refractivity contribution in [1.29, 1.82) is 0 Å². The lowest BCUT2D eigenvalue weighted by Crippen LogP contribution is -2.52. The van der Waals surface area contributed by atoms with E-state index in [0.717, 1.165) is 18.0 Å². The van der Waals surface area contributed by atoms with Crippen LogP contribution in [-0.4, -0.2) is 24.2 Å². The van der Waals surface area contributed by atoms with E-state index in [1.165, 1.54) is 25.8 Å². The Balaban J connectivity index is 1.79. The van der Waals surface area contributed by atoms with E-state index in [-0.39, 0.29) is 0 Å². The van der Waals surface area contributed by atoms with Crippen molar-refractivity contribution in [2.45, 2.75) is 57.7 Å². The van der Waals surface area contributed by atoms with Gasteiger partial charge in [-0.25, -0.2) is 0 Å². The monoisotopic (exact) mass is 182 g/mol. The van der Waals surface area contributed by atoms with Crippen LogP contribution >= 0.6 is 0 Å². The van der Waals surface area contributed by atoms with Crippen LogP contribution in [-0.2, 0) is 0 Å². The van der Waals surface area contributed by atoms with Gasteiger partial charge in [0.05, 0.1) is 0 Å². The first-order valence-corrected chi connectivity index (χ1v) is 5.58. The zero-order valence-corrected chi connectivity index (χ0v) is 9.06. The van der Waals surface area contributed by atoms with Gasteiger partial charge < -0.3 is 10.6 Å². The van der Waals surface area contributed by atoms with Crippen molar-refractivity contribution in [1.82, 2.24) is 10.6 Å². The minimum Gasteiger partial charge on any atom is -0.312 e. The molecule has 0 radical (unpaired) electrons. The van der Waals surface area contributed by atoms with Crippen molar-refractivity contribution in [2.75, 3.05) is 6.54 Å². The third-order valence-electron chi connectivity index (χ3n) is 3.41. The van der Waals surface area contributed by atoms with Crippen molar-refractivity contribution in [2.24, 2.45) is 5.92 Å². The lowest BCUT2D eigenvalue weighted by molar-refractivity contribution is 0.246. The summed E-state index contributed by atoms with van der Waals surface area (Å²) in [6.45, 7) is 8.12. The molecule has 2 heteroatoms. The summed E-state index contributed by atoms with van der Waals surface area (Å²) in [5.74, 6) is 0.929. The number of nitrogens with one attached hydrogen (secondary N) is 2. The molecule has 0 aromatic heterocycles. The molecule has 76 valence electrons. The van der Waals surface area contributed by atoms with Crippen molar-refractivity contribution in [3.8, 4) is 0 Å². The largest absolute Gasteiger partial charge is 0.312 e. The third-order valence-corrected chi connectivity index (χ3v) is 3.41. The summed E-state index contributed by atoms with van der Waals surface area (Å²) >= 11 is 0. The maximum absolute atomic E-state index is 3.76. The van der Waals surface area contributed by atoms with Gasteiger partial charge in [-0.3, -0.25) is 0 Å². The van der Waals surface area contributed by atoms with E-state index in [4.69, 9.17) is 0 Å². The van der Waals surface area contributed by atoms with E-state index in [1.54, 1.807) is 0 Å². The maximum Gasteiger partial charge on any atom is 0.0139 e. The van der Waals surface area contributed by atoms with Gasteiger partial charge in [0.15, 0.2) is 0 Å². The van der Waals surface area contributed by atoms with Gasteiger partial charge in [-0.15, -0.1) is 0 Å². The quantitative estimate of drug-likeness (QED) is 0.676. The predicted octanol–water partition coefficient (Wildman–Crippen LogP) is 1.51. The summed E-state index contributed by atoms with van der Waals surface area (Å²) in [7, 11) is 0. The molecular weight excluding hydrogens is 160 g/mol. The highest BCUT2D eigenvalue weighted by molar-refractivity contribution is 4.96. The Hall–Kier alpha value is -0.0800. The highest BCUT2D eigenvalue weighted by Crippen LogP contribution is 2.31. The summed E-state index contributed by atoms with van der Waals surface area (Å²) in [6.07, 6.45) is 3.97. The van der Waals surface area contributed by atoms with E-state index in [2.05, 4.69) is 31.4 Å².